The molecule has 0 bridgehead atoms. The van der Waals surface area contributed by atoms with Crippen LogP contribution in [0, 0.1) is 5.92 Å². The van der Waals surface area contributed by atoms with Crippen LogP contribution in [0.15, 0.2) is 29.2 Å². The van der Waals surface area contributed by atoms with Crippen LogP contribution in [-0.2, 0) is 19.6 Å². The Morgan fingerprint density at radius 2 is 1.93 bits per heavy atom. The maximum atomic E-state index is 12.8. The van der Waals surface area contributed by atoms with Crippen molar-refractivity contribution in [2.24, 2.45) is 5.92 Å². The number of sulfonamides is 1. The molecule has 156 valence electrons. The summed E-state index contributed by atoms with van der Waals surface area (Å²) in [6, 6.07) is 6.47. The molecule has 7 nitrogen and oxygen atoms in total. The molecular weight excluding hydrogens is 378 g/mol. The van der Waals surface area contributed by atoms with E-state index in [1.165, 1.54) is 29.6 Å². The lowest BCUT2D eigenvalue weighted by molar-refractivity contribution is -0.118. The zero-order valence-electron chi connectivity index (χ0n) is 16.7. The Labute approximate surface area is 167 Å². The number of carbonyl (C=O) groups excluding carboxylic acids is 1. The van der Waals surface area contributed by atoms with Gasteiger partial charge >= 0.3 is 0 Å². The van der Waals surface area contributed by atoms with Crippen molar-refractivity contribution < 1.29 is 17.9 Å². The minimum absolute atomic E-state index is 0.154. The molecule has 8 heteroatoms. The first-order valence-electron chi connectivity index (χ1n) is 10.1. The van der Waals surface area contributed by atoms with Crippen molar-refractivity contribution in [3.05, 3.63) is 24.3 Å². The Hall–Kier alpha value is -1.48. The van der Waals surface area contributed by atoms with E-state index in [0.717, 1.165) is 6.42 Å². The van der Waals surface area contributed by atoms with Gasteiger partial charge in [0.25, 0.3) is 0 Å². The monoisotopic (exact) mass is 409 g/mol. The molecular formula is C20H31N3O4S. The quantitative estimate of drug-likeness (QED) is 0.752. The van der Waals surface area contributed by atoms with E-state index < -0.39 is 10.0 Å². The van der Waals surface area contributed by atoms with Gasteiger partial charge < -0.3 is 15.4 Å². The van der Waals surface area contributed by atoms with Crippen LogP contribution in [0.3, 0.4) is 0 Å². The third kappa shape index (κ3) is 5.11. The van der Waals surface area contributed by atoms with Gasteiger partial charge in [-0.25, -0.2) is 8.42 Å². The smallest absolute Gasteiger partial charge is 0.243 e. The van der Waals surface area contributed by atoms with Crippen molar-refractivity contribution in [2.45, 2.75) is 56.5 Å². The second-order valence-electron chi connectivity index (χ2n) is 7.79. The minimum Gasteiger partial charge on any atom is -0.379 e. The Balaban J connectivity index is 1.64. The summed E-state index contributed by atoms with van der Waals surface area (Å²) in [7, 11) is -3.58. The van der Waals surface area contributed by atoms with Gasteiger partial charge in [-0.2, -0.15) is 4.31 Å². The number of hydrogen-bond donors (Lipinski definition) is 2. The molecule has 0 radical (unpaired) electrons. The SMILES string of the molecule is C[C@H](N[C@H]1CCCC[C@H]1C)C(=O)Nc1cccc(S(=O)(=O)N2CCOCC2)c1. The van der Waals surface area contributed by atoms with Crippen LogP contribution in [0.1, 0.15) is 39.5 Å². The molecule has 0 unspecified atom stereocenters. The van der Waals surface area contributed by atoms with Crippen LogP contribution in [0.4, 0.5) is 5.69 Å². The predicted molar refractivity (Wildman–Crippen MR) is 109 cm³/mol. The highest BCUT2D eigenvalue weighted by atomic mass is 32.2. The highest BCUT2D eigenvalue weighted by molar-refractivity contribution is 7.89. The summed E-state index contributed by atoms with van der Waals surface area (Å²) in [5, 5.41) is 6.29. The number of nitrogens with one attached hydrogen (secondary N) is 2. The van der Waals surface area contributed by atoms with E-state index in [9.17, 15) is 13.2 Å². The van der Waals surface area contributed by atoms with Gasteiger partial charge in [0.05, 0.1) is 24.2 Å². The molecule has 0 aromatic heterocycles. The number of ether oxygens (including phenoxy) is 1. The van der Waals surface area contributed by atoms with Crippen molar-refractivity contribution in [1.29, 1.82) is 0 Å². The van der Waals surface area contributed by atoms with Gasteiger partial charge in [0, 0.05) is 24.8 Å². The zero-order valence-corrected chi connectivity index (χ0v) is 17.5. The molecule has 2 fully saturated rings. The van der Waals surface area contributed by atoms with E-state index in [2.05, 4.69) is 17.6 Å². The van der Waals surface area contributed by atoms with Gasteiger partial charge in [0.15, 0.2) is 0 Å². The molecule has 1 amide bonds. The average Bonchev–Trinajstić information content (AvgIpc) is 2.70. The maximum Gasteiger partial charge on any atom is 0.243 e. The molecule has 1 aromatic rings. The number of nitrogens with zero attached hydrogens (tertiary/aromatic N) is 1. The molecule has 3 rings (SSSR count). The van der Waals surface area contributed by atoms with Crippen molar-refractivity contribution in [3.8, 4) is 0 Å². The molecule has 28 heavy (non-hydrogen) atoms. The molecule has 2 aliphatic rings. The molecule has 1 saturated carbocycles. The average molecular weight is 410 g/mol. The highest BCUT2D eigenvalue weighted by Crippen LogP contribution is 2.24. The van der Waals surface area contributed by atoms with E-state index >= 15 is 0 Å². The van der Waals surface area contributed by atoms with Crippen LogP contribution < -0.4 is 10.6 Å². The van der Waals surface area contributed by atoms with Crippen molar-refractivity contribution in [3.63, 3.8) is 0 Å². The molecule has 2 N–H and O–H groups in total. The summed E-state index contributed by atoms with van der Waals surface area (Å²) in [5.41, 5.74) is 0.490. The van der Waals surface area contributed by atoms with Crippen molar-refractivity contribution >= 4 is 21.6 Å². The second kappa shape index (κ2) is 9.35. The third-order valence-corrected chi connectivity index (χ3v) is 7.57. The topological polar surface area (TPSA) is 87.7 Å². The third-order valence-electron chi connectivity index (χ3n) is 5.68. The summed E-state index contributed by atoms with van der Waals surface area (Å²) in [6.45, 7) is 5.57. The molecule has 3 atom stereocenters. The fourth-order valence-electron chi connectivity index (χ4n) is 3.88. The van der Waals surface area contributed by atoms with Gasteiger partial charge in [0.1, 0.15) is 0 Å². The molecule has 1 aliphatic carbocycles. The molecule has 1 saturated heterocycles. The summed E-state index contributed by atoms with van der Waals surface area (Å²) >= 11 is 0. The van der Waals surface area contributed by atoms with E-state index in [0.29, 0.717) is 44.0 Å². The summed E-state index contributed by atoms with van der Waals surface area (Å²) in [6.07, 6.45) is 4.72. The van der Waals surface area contributed by atoms with Gasteiger partial charge in [-0.3, -0.25) is 4.79 Å². The number of hydrogen-bond acceptors (Lipinski definition) is 5. The fourth-order valence-corrected chi connectivity index (χ4v) is 5.34. The number of carbonyl (C=O) groups is 1. The van der Waals surface area contributed by atoms with E-state index in [4.69, 9.17) is 4.74 Å². The molecule has 0 spiro atoms. The zero-order chi connectivity index (χ0) is 20.1. The Morgan fingerprint density at radius 3 is 2.64 bits per heavy atom. The van der Waals surface area contributed by atoms with Crippen LogP contribution in [0.2, 0.25) is 0 Å². The fraction of sp³-hybridized carbons (Fsp3) is 0.650. The Kier molecular flexibility index (Phi) is 7.09. The number of benzene rings is 1. The number of anilines is 1. The first-order chi connectivity index (χ1) is 13.4. The predicted octanol–water partition coefficient (Wildman–Crippen LogP) is 2.20. The lowest BCUT2D eigenvalue weighted by Crippen LogP contribution is -2.47. The number of rotatable bonds is 6. The lowest BCUT2D eigenvalue weighted by atomic mass is 9.85. The van der Waals surface area contributed by atoms with Crippen molar-refractivity contribution in [2.75, 3.05) is 31.6 Å². The molecule has 1 aliphatic heterocycles. The van der Waals surface area contributed by atoms with E-state index in [-0.39, 0.29) is 16.8 Å². The van der Waals surface area contributed by atoms with Gasteiger partial charge in [-0.1, -0.05) is 25.8 Å². The number of morpholine rings is 1. The van der Waals surface area contributed by atoms with Crippen LogP contribution >= 0.6 is 0 Å². The van der Waals surface area contributed by atoms with Crippen LogP contribution in [0.5, 0.6) is 0 Å². The van der Waals surface area contributed by atoms with Crippen molar-refractivity contribution in [1.82, 2.24) is 9.62 Å². The van der Waals surface area contributed by atoms with Crippen LogP contribution in [-0.4, -0.2) is 57.0 Å². The van der Waals surface area contributed by atoms with E-state index in [1.807, 2.05) is 6.92 Å². The van der Waals surface area contributed by atoms with E-state index in [1.54, 1.807) is 18.2 Å². The maximum absolute atomic E-state index is 12.8. The Morgan fingerprint density at radius 1 is 1.21 bits per heavy atom. The van der Waals surface area contributed by atoms with Crippen LogP contribution in [0.25, 0.3) is 0 Å². The summed E-state index contributed by atoms with van der Waals surface area (Å²) in [5.74, 6) is 0.407. The molecule has 1 heterocycles. The largest absolute Gasteiger partial charge is 0.379 e. The summed E-state index contributed by atoms with van der Waals surface area (Å²) in [4.78, 5) is 12.8. The lowest BCUT2D eigenvalue weighted by Gasteiger charge is -2.31. The molecule has 1 aromatic carbocycles. The first kappa shape index (κ1) is 21.2. The first-order valence-corrected chi connectivity index (χ1v) is 11.6. The van der Waals surface area contributed by atoms with Gasteiger partial charge in [0.2, 0.25) is 15.9 Å². The second-order valence-corrected chi connectivity index (χ2v) is 9.73. The number of amides is 1. The summed E-state index contributed by atoms with van der Waals surface area (Å²) < 4.78 is 32.3. The minimum atomic E-state index is -3.58. The van der Waals surface area contributed by atoms with Gasteiger partial charge in [-0.05, 0) is 43.9 Å². The highest BCUT2D eigenvalue weighted by Gasteiger charge is 2.27. The standard InChI is InChI=1S/C20H31N3O4S/c1-15-6-3-4-9-19(15)21-16(2)20(24)22-17-7-5-8-18(14-17)28(25,26)23-10-12-27-13-11-23/h5,7-8,14-16,19,21H,3-4,6,9-13H2,1-2H3,(H,22,24)/t15-,16+,19+/m1/s1. The normalized spacial score (nSPS) is 25.2. The van der Waals surface area contributed by atoms with Gasteiger partial charge in [-0.15, -0.1) is 0 Å². The Bertz CT molecular complexity index is 777.